The molecule has 9 heteroatoms. The number of carbonyl (C=O) groups is 3. The van der Waals surface area contributed by atoms with Gasteiger partial charge in [0.2, 0.25) is 5.91 Å². The van der Waals surface area contributed by atoms with Crippen molar-refractivity contribution in [2.24, 2.45) is 0 Å². The molecule has 0 radical (unpaired) electrons. The number of anilines is 1. The molecule has 3 rings (SSSR count). The van der Waals surface area contributed by atoms with Crippen molar-refractivity contribution in [2.75, 3.05) is 25.5 Å². The highest BCUT2D eigenvalue weighted by Crippen LogP contribution is 2.28. The first-order chi connectivity index (χ1) is 10.4. The monoisotopic (exact) mass is 338 g/mol. The van der Waals surface area contributed by atoms with Gasteiger partial charge in [-0.15, -0.1) is 0 Å². The molecule has 7 nitrogen and oxygen atoms in total. The predicted molar refractivity (Wildman–Crippen MR) is 83.0 cm³/mol. The summed E-state index contributed by atoms with van der Waals surface area (Å²) in [6.07, 6.45) is 0. The number of halogens is 1. The van der Waals surface area contributed by atoms with E-state index in [9.17, 15) is 14.4 Å². The van der Waals surface area contributed by atoms with Crippen LogP contribution in [-0.2, 0) is 9.59 Å². The molecule has 0 aliphatic carbocycles. The van der Waals surface area contributed by atoms with E-state index >= 15 is 0 Å². The minimum Gasteiger partial charge on any atom is -0.318 e. The number of urea groups is 1. The van der Waals surface area contributed by atoms with Crippen LogP contribution in [-0.4, -0.2) is 52.8 Å². The average molecular weight is 339 g/mol. The Kier molecular flexibility index (Phi) is 3.71. The lowest BCUT2D eigenvalue weighted by atomic mass is 10.3. The largest absolute Gasteiger partial charge is 0.327 e. The van der Waals surface area contributed by atoms with E-state index < -0.39 is 17.8 Å². The van der Waals surface area contributed by atoms with Gasteiger partial charge in [0.25, 0.3) is 5.91 Å². The molecular weight excluding hydrogens is 328 g/mol. The summed E-state index contributed by atoms with van der Waals surface area (Å²) in [5.74, 6) is -0.860. The molecule has 2 heterocycles. The molecule has 1 aliphatic heterocycles. The zero-order valence-corrected chi connectivity index (χ0v) is 13.1. The summed E-state index contributed by atoms with van der Waals surface area (Å²) >= 11 is 7.17. The molecule has 114 valence electrons. The normalized spacial score (nSPS) is 15.0. The number of thiazole rings is 1. The van der Waals surface area contributed by atoms with E-state index in [0.717, 1.165) is 15.1 Å². The second-order valence-electron chi connectivity index (χ2n) is 4.80. The van der Waals surface area contributed by atoms with Crippen molar-refractivity contribution in [2.45, 2.75) is 0 Å². The van der Waals surface area contributed by atoms with Crippen LogP contribution < -0.4 is 5.32 Å². The molecule has 0 unspecified atom stereocenters. The lowest BCUT2D eigenvalue weighted by Crippen LogP contribution is -2.38. The smallest absolute Gasteiger partial charge is 0.318 e. The lowest BCUT2D eigenvalue weighted by molar-refractivity contribution is -0.129. The third-order valence-corrected chi connectivity index (χ3v) is 4.30. The Hall–Kier alpha value is -2.19. The van der Waals surface area contributed by atoms with Crippen LogP contribution in [0.1, 0.15) is 0 Å². The highest BCUT2D eigenvalue weighted by atomic mass is 35.5. The van der Waals surface area contributed by atoms with Crippen molar-refractivity contribution in [1.82, 2.24) is 14.8 Å². The van der Waals surface area contributed by atoms with Crippen molar-refractivity contribution in [3.63, 3.8) is 0 Å². The van der Waals surface area contributed by atoms with Crippen LogP contribution in [0.4, 0.5) is 9.93 Å². The molecule has 1 fully saturated rings. The van der Waals surface area contributed by atoms with Crippen LogP contribution in [0.15, 0.2) is 18.2 Å². The highest BCUT2D eigenvalue weighted by Gasteiger charge is 2.34. The second-order valence-corrected chi connectivity index (χ2v) is 6.26. The number of amides is 4. The van der Waals surface area contributed by atoms with Crippen molar-refractivity contribution in [3.8, 4) is 0 Å². The van der Waals surface area contributed by atoms with Crippen LogP contribution in [0.2, 0.25) is 5.02 Å². The Morgan fingerprint density at radius 2 is 2.23 bits per heavy atom. The number of imide groups is 1. The molecule has 0 saturated carbocycles. The van der Waals surface area contributed by atoms with Crippen molar-refractivity contribution >= 4 is 56.1 Å². The Morgan fingerprint density at radius 1 is 1.45 bits per heavy atom. The summed E-state index contributed by atoms with van der Waals surface area (Å²) in [4.78, 5) is 41.7. The van der Waals surface area contributed by atoms with Crippen molar-refractivity contribution in [1.29, 1.82) is 0 Å². The zero-order valence-electron chi connectivity index (χ0n) is 11.5. The molecule has 1 aliphatic rings. The van der Waals surface area contributed by atoms with Crippen LogP contribution in [0, 0.1) is 0 Å². The number of fused-ring (bicyclic) bond motifs is 1. The minimum atomic E-state index is -0.476. The molecule has 22 heavy (non-hydrogen) atoms. The van der Waals surface area contributed by atoms with Gasteiger partial charge < -0.3 is 10.2 Å². The fourth-order valence-corrected chi connectivity index (χ4v) is 3.24. The molecule has 4 amide bonds. The Balaban J connectivity index is 1.70. The first kappa shape index (κ1) is 14.7. The Bertz CT molecular complexity index is 791. The van der Waals surface area contributed by atoms with Crippen LogP contribution in [0.5, 0.6) is 0 Å². The van der Waals surface area contributed by atoms with E-state index in [1.165, 1.54) is 23.3 Å². The third kappa shape index (κ3) is 2.75. The molecule has 0 bridgehead atoms. The number of hydrogen-bond acceptors (Lipinski definition) is 5. The number of likely N-dealkylation sites (N-methyl/N-ethyl adjacent to an activating group) is 1. The minimum absolute atomic E-state index is 0.00818. The van der Waals surface area contributed by atoms with E-state index in [0.29, 0.717) is 10.2 Å². The summed E-state index contributed by atoms with van der Waals surface area (Å²) in [6.45, 7) is -0.329. The highest BCUT2D eigenvalue weighted by molar-refractivity contribution is 7.22. The molecule has 2 aromatic rings. The fraction of sp³-hybridized carbons (Fsp3) is 0.231. The van der Waals surface area contributed by atoms with E-state index in [1.54, 1.807) is 18.2 Å². The molecule has 0 spiro atoms. The molecule has 1 aromatic heterocycles. The zero-order chi connectivity index (χ0) is 15.9. The standard InChI is InChI=1S/C13H11ClN4O3S/c1-17-6-11(20)18(13(17)21)5-10(19)16-12-15-8-3-2-7(14)4-9(8)22-12/h2-4H,5-6H2,1H3,(H,15,16,19). The van der Waals surface area contributed by atoms with Crippen LogP contribution >= 0.6 is 22.9 Å². The second kappa shape index (κ2) is 5.54. The van der Waals surface area contributed by atoms with Gasteiger partial charge in [-0.05, 0) is 18.2 Å². The summed E-state index contributed by atoms with van der Waals surface area (Å²) < 4.78 is 0.843. The van der Waals surface area contributed by atoms with Gasteiger partial charge in [-0.3, -0.25) is 14.5 Å². The maximum absolute atomic E-state index is 12.0. The van der Waals surface area contributed by atoms with Crippen LogP contribution in [0.3, 0.4) is 0 Å². The van der Waals surface area contributed by atoms with Gasteiger partial charge in [0.1, 0.15) is 13.1 Å². The maximum atomic E-state index is 12.0. The summed E-state index contributed by atoms with van der Waals surface area (Å²) in [7, 11) is 1.51. The number of benzene rings is 1. The van der Waals surface area contributed by atoms with E-state index in [1.807, 2.05) is 0 Å². The van der Waals surface area contributed by atoms with E-state index in [-0.39, 0.29) is 13.1 Å². The number of carbonyl (C=O) groups excluding carboxylic acids is 3. The van der Waals surface area contributed by atoms with Gasteiger partial charge in [0, 0.05) is 12.1 Å². The van der Waals surface area contributed by atoms with E-state index in [4.69, 9.17) is 11.6 Å². The van der Waals surface area contributed by atoms with Crippen LogP contribution in [0.25, 0.3) is 10.2 Å². The first-order valence-electron chi connectivity index (χ1n) is 6.35. The molecule has 1 aromatic carbocycles. The molecule has 0 atom stereocenters. The van der Waals surface area contributed by atoms with Gasteiger partial charge in [0.05, 0.1) is 10.2 Å². The summed E-state index contributed by atoms with van der Waals surface area (Å²) in [5.41, 5.74) is 0.720. The van der Waals surface area contributed by atoms with Gasteiger partial charge in [-0.2, -0.15) is 0 Å². The maximum Gasteiger partial charge on any atom is 0.327 e. The summed E-state index contributed by atoms with van der Waals surface area (Å²) in [6, 6.07) is 4.75. The number of rotatable bonds is 3. The van der Waals surface area contributed by atoms with Gasteiger partial charge in [-0.25, -0.2) is 9.78 Å². The Morgan fingerprint density at radius 3 is 2.91 bits per heavy atom. The number of nitrogens with one attached hydrogen (secondary N) is 1. The third-order valence-electron chi connectivity index (χ3n) is 3.13. The number of nitrogens with zero attached hydrogens (tertiary/aromatic N) is 3. The molecule has 1 N–H and O–H groups in total. The van der Waals surface area contributed by atoms with Gasteiger partial charge in [-0.1, -0.05) is 22.9 Å². The lowest BCUT2D eigenvalue weighted by Gasteiger charge is -2.12. The van der Waals surface area contributed by atoms with Gasteiger partial charge in [0.15, 0.2) is 5.13 Å². The number of hydrogen-bond donors (Lipinski definition) is 1. The SMILES string of the molecule is CN1CC(=O)N(CC(=O)Nc2nc3ccc(Cl)cc3s2)C1=O. The van der Waals surface area contributed by atoms with Gasteiger partial charge >= 0.3 is 6.03 Å². The number of aromatic nitrogens is 1. The predicted octanol–water partition coefficient (Wildman–Crippen LogP) is 1.78. The van der Waals surface area contributed by atoms with E-state index in [2.05, 4.69) is 10.3 Å². The fourth-order valence-electron chi connectivity index (χ4n) is 2.08. The topological polar surface area (TPSA) is 82.6 Å². The average Bonchev–Trinajstić information content (AvgIpc) is 2.94. The van der Waals surface area contributed by atoms with Crippen molar-refractivity contribution in [3.05, 3.63) is 23.2 Å². The Labute approximate surface area is 134 Å². The summed E-state index contributed by atoms with van der Waals surface area (Å²) in [5, 5.41) is 3.58. The van der Waals surface area contributed by atoms with Crippen molar-refractivity contribution < 1.29 is 14.4 Å². The first-order valence-corrected chi connectivity index (χ1v) is 7.55. The molecule has 1 saturated heterocycles. The molecular formula is C13H11ClN4O3S. The quantitative estimate of drug-likeness (QED) is 0.865.